The van der Waals surface area contributed by atoms with E-state index in [1.54, 1.807) is 0 Å². The SMILES string of the molecule is CC(=O)N[C@@H]1[C@@H](OC(C)=O)[C@H](OC(C)=O)[C@@H](COC(C)=O)O[C@@H]1C(=O)C1CCCCC1. The molecule has 1 aliphatic heterocycles. The minimum atomic E-state index is -1.20. The normalized spacial score (nSPS) is 28.8. The van der Waals surface area contributed by atoms with E-state index in [-0.39, 0.29) is 18.3 Å². The van der Waals surface area contributed by atoms with Gasteiger partial charge in [-0.2, -0.15) is 0 Å². The first-order valence-corrected chi connectivity index (χ1v) is 10.5. The number of hydrogen-bond donors (Lipinski definition) is 1. The Morgan fingerprint density at radius 2 is 1.42 bits per heavy atom. The summed E-state index contributed by atoms with van der Waals surface area (Å²) in [6, 6.07) is -1.06. The fourth-order valence-corrected chi connectivity index (χ4v) is 4.19. The van der Waals surface area contributed by atoms with Crippen LogP contribution in [-0.2, 0) is 42.9 Å². The summed E-state index contributed by atoms with van der Waals surface area (Å²) in [6.07, 6.45) is -0.321. The highest BCUT2D eigenvalue weighted by Gasteiger charge is 2.53. The van der Waals surface area contributed by atoms with Gasteiger partial charge in [0.2, 0.25) is 5.91 Å². The highest BCUT2D eigenvalue weighted by Crippen LogP contribution is 2.32. The average molecular weight is 441 g/mol. The number of hydrogen-bond acceptors (Lipinski definition) is 9. The second-order valence-electron chi connectivity index (χ2n) is 8.01. The van der Waals surface area contributed by atoms with Gasteiger partial charge in [0, 0.05) is 33.6 Å². The molecule has 1 saturated carbocycles. The average Bonchev–Trinajstić information content (AvgIpc) is 2.68. The first-order valence-electron chi connectivity index (χ1n) is 10.5. The number of carbonyl (C=O) groups is 5. The van der Waals surface area contributed by atoms with E-state index < -0.39 is 54.3 Å². The molecule has 174 valence electrons. The number of esters is 3. The molecule has 1 heterocycles. The molecule has 1 saturated heterocycles. The zero-order chi connectivity index (χ0) is 23.1. The third-order valence-corrected chi connectivity index (χ3v) is 5.40. The molecule has 1 aliphatic carbocycles. The molecule has 2 aliphatic rings. The van der Waals surface area contributed by atoms with Crippen LogP contribution >= 0.6 is 0 Å². The van der Waals surface area contributed by atoms with E-state index in [1.807, 2.05) is 0 Å². The number of nitrogens with one attached hydrogen (secondary N) is 1. The van der Waals surface area contributed by atoms with Crippen LogP contribution in [-0.4, -0.2) is 66.7 Å². The molecule has 1 N–H and O–H groups in total. The van der Waals surface area contributed by atoms with Crippen LogP contribution in [0.15, 0.2) is 0 Å². The summed E-state index contributed by atoms with van der Waals surface area (Å²) >= 11 is 0. The summed E-state index contributed by atoms with van der Waals surface area (Å²) < 4.78 is 21.8. The van der Waals surface area contributed by atoms with Crippen molar-refractivity contribution in [2.75, 3.05) is 6.61 Å². The second kappa shape index (κ2) is 11.2. The first kappa shape index (κ1) is 24.8. The lowest BCUT2D eigenvalue weighted by Gasteiger charge is -2.45. The molecular formula is C21H31NO9. The second-order valence-corrected chi connectivity index (χ2v) is 8.01. The van der Waals surface area contributed by atoms with Crippen LogP contribution in [0.1, 0.15) is 59.8 Å². The van der Waals surface area contributed by atoms with Crippen LogP contribution in [0.25, 0.3) is 0 Å². The van der Waals surface area contributed by atoms with Crippen LogP contribution in [0.3, 0.4) is 0 Å². The lowest BCUT2D eigenvalue weighted by Crippen LogP contribution is -2.68. The van der Waals surface area contributed by atoms with E-state index in [4.69, 9.17) is 18.9 Å². The van der Waals surface area contributed by atoms with Gasteiger partial charge in [0.1, 0.15) is 24.9 Å². The van der Waals surface area contributed by atoms with Gasteiger partial charge >= 0.3 is 17.9 Å². The smallest absolute Gasteiger partial charge is 0.303 e. The molecule has 0 spiro atoms. The highest BCUT2D eigenvalue weighted by molar-refractivity contribution is 5.87. The van der Waals surface area contributed by atoms with Crippen molar-refractivity contribution in [1.29, 1.82) is 0 Å². The summed E-state index contributed by atoms with van der Waals surface area (Å²) in [5, 5.41) is 2.63. The maximum Gasteiger partial charge on any atom is 0.303 e. The van der Waals surface area contributed by atoms with Crippen LogP contribution in [0.2, 0.25) is 0 Å². The molecule has 0 radical (unpaired) electrons. The lowest BCUT2D eigenvalue weighted by molar-refractivity contribution is -0.223. The summed E-state index contributed by atoms with van der Waals surface area (Å²) in [5.74, 6) is -2.90. The Bertz CT molecular complexity index is 701. The van der Waals surface area contributed by atoms with Gasteiger partial charge in [0.05, 0.1) is 0 Å². The van der Waals surface area contributed by atoms with Gasteiger partial charge < -0.3 is 24.3 Å². The van der Waals surface area contributed by atoms with Crippen molar-refractivity contribution in [1.82, 2.24) is 5.32 Å². The Balaban J connectivity index is 2.43. The van der Waals surface area contributed by atoms with E-state index in [0.29, 0.717) is 12.8 Å². The van der Waals surface area contributed by atoms with Gasteiger partial charge in [-0.3, -0.25) is 24.0 Å². The van der Waals surface area contributed by atoms with Crippen LogP contribution < -0.4 is 5.32 Å². The number of ketones is 1. The van der Waals surface area contributed by atoms with Gasteiger partial charge in [-0.05, 0) is 12.8 Å². The number of amides is 1. The van der Waals surface area contributed by atoms with Crippen molar-refractivity contribution in [3.05, 3.63) is 0 Å². The summed E-state index contributed by atoms with van der Waals surface area (Å²) in [5.41, 5.74) is 0. The molecule has 2 fully saturated rings. The number of rotatable bonds is 7. The van der Waals surface area contributed by atoms with E-state index in [2.05, 4.69) is 5.32 Å². The van der Waals surface area contributed by atoms with Gasteiger partial charge in [0.25, 0.3) is 0 Å². The Morgan fingerprint density at radius 1 is 0.839 bits per heavy atom. The molecule has 10 nitrogen and oxygen atoms in total. The molecule has 0 bridgehead atoms. The zero-order valence-electron chi connectivity index (χ0n) is 18.4. The maximum atomic E-state index is 13.4. The molecule has 0 aromatic rings. The minimum absolute atomic E-state index is 0.218. The summed E-state index contributed by atoms with van der Waals surface area (Å²) in [6.45, 7) is 4.49. The van der Waals surface area contributed by atoms with E-state index in [9.17, 15) is 24.0 Å². The summed E-state index contributed by atoms with van der Waals surface area (Å²) in [7, 11) is 0. The maximum absolute atomic E-state index is 13.4. The van der Waals surface area contributed by atoms with Gasteiger partial charge in [-0.15, -0.1) is 0 Å². The summed E-state index contributed by atoms with van der Waals surface area (Å²) in [4.78, 5) is 60.2. The standard InChI is InChI=1S/C21H31NO9/c1-11(23)22-17-20(18(27)15-8-6-5-7-9-15)31-16(10-28-12(2)24)19(29-13(3)25)21(17)30-14(4)26/h15-17,19-21H,5-10H2,1-4H3,(H,22,23)/t16-,17+,19-,20+,21-/m1/s1. The monoisotopic (exact) mass is 441 g/mol. The number of ether oxygens (including phenoxy) is 4. The molecular weight excluding hydrogens is 410 g/mol. The Kier molecular flexibility index (Phi) is 8.97. The third-order valence-electron chi connectivity index (χ3n) is 5.40. The largest absolute Gasteiger partial charge is 0.463 e. The third kappa shape index (κ3) is 7.02. The van der Waals surface area contributed by atoms with Crippen molar-refractivity contribution in [3.63, 3.8) is 0 Å². The lowest BCUT2D eigenvalue weighted by atomic mass is 9.80. The number of carbonyl (C=O) groups excluding carboxylic acids is 5. The zero-order valence-corrected chi connectivity index (χ0v) is 18.4. The van der Waals surface area contributed by atoms with Crippen LogP contribution in [0.5, 0.6) is 0 Å². The first-order chi connectivity index (χ1) is 14.6. The molecule has 2 rings (SSSR count). The predicted octanol–water partition coefficient (Wildman–Crippen LogP) is 0.834. The molecule has 0 aromatic carbocycles. The van der Waals surface area contributed by atoms with Crippen molar-refractivity contribution >= 4 is 29.6 Å². The van der Waals surface area contributed by atoms with Crippen molar-refractivity contribution in [2.45, 2.75) is 90.3 Å². The van der Waals surface area contributed by atoms with Crippen molar-refractivity contribution < 1.29 is 42.9 Å². The predicted molar refractivity (Wildman–Crippen MR) is 106 cm³/mol. The van der Waals surface area contributed by atoms with Gasteiger partial charge in [-0.25, -0.2) is 0 Å². The van der Waals surface area contributed by atoms with E-state index in [1.165, 1.54) is 27.7 Å². The molecule has 10 heteroatoms. The topological polar surface area (TPSA) is 134 Å². The van der Waals surface area contributed by atoms with Crippen LogP contribution in [0, 0.1) is 5.92 Å². The molecule has 5 atom stereocenters. The minimum Gasteiger partial charge on any atom is -0.463 e. The van der Waals surface area contributed by atoms with E-state index in [0.717, 1.165) is 19.3 Å². The Labute approximate surface area is 181 Å². The molecule has 0 unspecified atom stereocenters. The fourth-order valence-electron chi connectivity index (χ4n) is 4.19. The molecule has 0 aromatic heterocycles. The quantitative estimate of drug-likeness (QED) is 0.450. The Morgan fingerprint density at radius 3 is 1.94 bits per heavy atom. The molecule has 31 heavy (non-hydrogen) atoms. The number of Topliss-reactive ketones (excluding diaryl/α,β-unsaturated/α-hetero) is 1. The Hall–Kier alpha value is -2.49. The van der Waals surface area contributed by atoms with Crippen LogP contribution in [0.4, 0.5) is 0 Å². The highest BCUT2D eigenvalue weighted by atomic mass is 16.6. The van der Waals surface area contributed by atoms with Crippen molar-refractivity contribution in [3.8, 4) is 0 Å². The van der Waals surface area contributed by atoms with Crippen molar-refractivity contribution in [2.24, 2.45) is 5.92 Å². The fraction of sp³-hybridized carbons (Fsp3) is 0.762. The molecule has 1 amide bonds. The van der Waals surface area contributed by atoms with E-state index >= 15 is 0 Å². The van der Waals surface area contributed by atoms with Gasteiger partial charge in [0.15, 0.2) is 18.0 Å². The van der Waals surface area contributed by atoms with Gasteiger partial charge in [-0.1, -0.05) is 19.3 Å².